The second-order valence-corrected chi connectivity index (χ2v) is 6.70. The van der Waals surface area contributed by atoms with Gasteiger partial charge in [0.1, 0.15) is 16.5 Å². The highest BCUT2D eigenvalue weighted by Crippen LogP contribution is 2.44. The smallest absolute Gasteiger partial charge is 0.406 e. The number of carbonyl (C=O) groups excluding carboxylic acids is 2. The first-order valence-electron chi connectivity index (χ1n) is 7.14. The lowest BCUT2D eigenvalue weighted by Gasteiger charge is -2.38. The third-order valence-corrected chi connectivity index (χ3v) is 4.24. The van der Waals surface area contributed by atoms with Crippen LogP contribution >= 0.6 is 0 Å². The fourth-order valence-electron chi connectivity index (χ4n) is 3.41. The number of nitrogens with zero attached hydrogens (tertiary/aromatic N) is 2. The average molecular weight is 304 g/mol. The van der Waals surface area contributed by atoms with Gasteiger partial charge in [-0.1, -0.05) is 13.8 Å². The molecule has 2 atom stereocenters. The topological polar surface area (TPSA) is 103 Å². The number of rotatable bonds is 2. The summed E-state index contributed by atoms with van der Waals surface area (Å²) in [6, 6.07) is 2.73. The van der Waals surface area contributed by atoms with E-state index in [1.54, 1.807) is 0 Å². The van der Waals surface area contributed by atoms with Gasteiger partial charge in [0.25, 0.3) is 0 Å². The highest BCUT2D eigenvalue weighted by Gasteiger charge is 2.46. The molecule has 2 heterocycles. The predicted molar refractivity (Wildman–Crippen MR) is 76.7 cm³/mol. The summed E-state index contributed by atoms with van der Waals surface area (Å²) in [4.78, 5) is 38.6. The molecule has 2 unspecified atom stereocenters. The second kappa shape index (κ2) is 4.86. The highest BCUT2D eigenvalue weighted by molar-refractivity contribution is 6.13. The van der Waals surface area contributed by atoms with Crippen LogP contribution in [0.3, 0.4) is 0 Å². The van der Waals surface area contributed by atoms with E-state index in [9.17, 15) is 19.7 Å². The Labute approximate surface area is 126 Å². The van der Waals surface area contributed by atoms with Crippen molar-refractivity contribution in [3.05, 3.63) is 28.0 Å². The molecule has 2 aliphatic rings. The molecule has 1 fully saturated rings. The standard InChI is InChI=1S/C15H16N2O5/c1-15(2)6-9-14(10(18)7-15)8(5-12(19)16-9)11-3-4-13(22-11)17(20)21/h3-4,8,14H,5-7H2,1-2H3. The van der Waals surface area contributed by atoms with Crippen molar-refractivity contribution in [1.82, 2.24) is 0 Å². The Kier molecular flexibility index (Phi) is 3.23. The summed E-state index contributed by atoms with van der Waals surface area (Å²) in [6.45, 7) is 3.94. The molecule has 1 aromatic rings. The largest absolute Gasteiger partial charge is 0.433 e. The van der Waals surface area contributed by atoms with Gasteiger partial charge in [0.15, 0.2) is 0 Å². The Morgan fingerprint density at radius 2 is 2.05 bits per heavy atom. The lowest BCUT2D eigenvalue weighted by molar-refractivity contribution is -0.402. The molecule has 7 heteroatoms. The van der Waals surface area contributed by atoms with Gasteiger partial charge in [0.05, 0.1) is 12.0 Å². The fourth-order valence-corrected chi connectivity index (χ4v) is 3.41. The lowest BCUT2D eigenvalue weighted by atomic mass is 9.65. The minimum Gasteiger partial charge on any atom is -0.406 e. The van der Waals surface area contributed by atoms with Crippen LogP contribution < -0.4 is 0 Å². The maximum Gasteiger partial charge on any atom is 0.433 e. The van der Waals surface area contributed by atoms with Gasteiger partial charge < -0.3 is 4.42 Å². The highest BCUT2D eigenvalue weighted by atomic mass is 16.6. The maximum atomic E-state index is 12.5. The van der Waals surface area contributed by atoms with Crippen LogP contribution in [0.15, 0.2) is 21.5 Å². The Bertz CT molecular complexity index is 701. The minimum absolute atomic E-state index is 0.0200. The van der Waals surface area contributed by atoms with Crippen LogP contribution in [0.4, 0.5) is 5.88 Å². The molecule has 1 saturated carbocycles. The van der Waals surface area contributed by atoms with Crippen LogP contribution in [0, 0.1) is 21.4 Å². The van der Waals surface area contributed by atoms with E-state index in [0.29, 0.717) is 24.3 Å². The van der Waals surface area contributed by atoms with Gasteiger partial charge in [-0.3, -0.25) is 19.7 Å². The summed E-state index contributed by atoms with van der Waals surface area (Å²) in [7, 11) is 0. The van der Waals surface area contributed by atoms with Crippen molar-refractivity contribution in [2.24, 2.45) is 16.3 Å². The molecule has 1 aromatic heterocycles. The van der Waals surface area contributed by atoms with Crippen molar-refractivity contribution < 1.29 is 18.9 Å². The zero-order chi connectivity index (χ0) is 16.1. The van der Waals surface area contributed by atoms with E-state index in [1.807, 2.05) is 13.8 Å². The molecule has 1 aliphatic heterocycles. The molecule has 0 bridgehead atoms. The third kappa shape index (κ3) is 2.47. The summed E-state index contributed by atoms with van der Waals surface area (Å²) in [6.07, 6.45) is 1.03. The summed E-state index contributed by atoms with van der Waals surface area (Å²) in [5.41, 5.74) is 0.366. The molecule has 0 aromatic carbocycles. The number of carbonyl (C=O) groups is 2. The normalized spacial score (nSPS) is 27.3. The molecular formula is C15H16N2O5. The van der Waals surface area contributed by atoms with Crippen molar-refractivity contribution in [2.75, 3.05) is 0 Å². The van der Waals surface area contributed by atoms with Crippen molar-refractivity contribution in [3.8, 4) is 0 Å². The van der Waals surface area contributed by atoms with Crippen LogP contribution in [0.1, 0.15) is 44.8 Å². The number of furan rings is 1. The van der Waals surface area contributed by atoms with Gasteiger partial charge in [0, 0.05) is 24.5 Å². The molecule has 3 rings (SSSR count). The van der Waals surface area contributed by atoms with Gasteiger partial charge in [0.2, 0.25) is 5.91 Å². The monoisotopic (exact) mass is 304 g/mol. The van der Waals surface area contributed by atoms with Crippen LogP contribution in [-0.4, -0.2) is 22.3 Å². The molecular weight excluding hydrogens is 288 g/mol. The molecule has 0 saturated heterocycles. The SMILES string of the molecule is CC1(C)CC(=O)C2C(=NC(=O)CC2c2ccc([N+](=O)[O-])o2)C1. The number of Topliss-reactive ketones (excluding diaryl/α,β-unsaturated/α-hetero) is 1. The van der Waals surface area contributed by atoms with Gasteiger partial charge in [-0.25, -0.2) is 4.99 Å². The van der Waals surface area contributed by atoms with Gasteiger partial charge >= 0.3 is 5.88 Å². The molecule has 22 heavy (non-hydrogen) atoms. The molecule has 1 amide bonds. The molecule has 0 N–H and O–H groups in total. The van der Waals surface area contributed by atoms with Gasteiger partial charge in [-0.05, 0) is 17.9 Å². The van der Waals surface area contributed by atoms with Crippen LogP contribution in [0.25, 0.3) is 0 Å². The third-order valence-electron chi connectivity index (χ3n) is 4.24. The van der Waals surface area contributed by atoms with Crippen LogP contribution in [-0.2, 0) is 9.59 Å². The average Bonchev–Trinajstić information content (AvgIpc) is 2.84. The van der Waals surface area contributed by atoms with Gasteiger partial charge in [-0.15, -0.1) is 0 Å². The minimum atomic E-state index is -0.630. The van der Waals surface area contributed by atoms with Crippen molar-refractivity contribution >= 4 is 23.3 Å². The quantitative estimate of drug-likeness (QED) is 0.617. The summed E-state index contributed by atoms with van der Waals surface area (Å²) in [5, 5.41) is 10.7. The van der Waals surface area contributed by atoms with Crippen molar-refractivity contribution in [1.29, 1.82) is 0 Å². The van der Waals surface area contributed by atoms with Crippen LogP contribution in [0.5, 0.6) is 0 Å². The Hall–Kier alpha value is -2.31. The first-order chi connectivity index (χ1) is 10.3. The number of aliphatic imine (C=N–C) groups is 1. The number of hydrogen-bond donors (Lipinski definition) is 0. The number of nitro groups is 1. The van der Waals surface area contributed by atoms with Crippen molar-refractivity contribution in [2.45, 2.75) is 39.0 Å². The molecule has 1 aliphatic carbocycles. The fraction of sp³-hybridized carbons (Fsp3) is 0.533. The summed E-state index contributed by atoms with van der Waals surface area (Å²) >= 11 is 0. The molecule has 0 spiro atoms. The Balaban J connectivity index is 1.99. The number of hydrogen-bond acceptors (Lipinski definition) is 5. The van der Waals surface area contributed by atoms with E-state index >= 15 is 0 Å². The molecule has 7 nitrogen and oxygen atoms in total. The van der Waals surface area contributed by atoms with Crippen molar-refractivity contribution in [3.63, 3.8) is 0 Å². The lowest BCUT2D eigenvalue weighted by Crippen LogP contribution is -2.43. The summed E-state index contributed by atoms with van der Waals surface area (Å²) in [5.74, 6) is -1.35. The van der Waals surface area contributed by atoms with E-state index in [0.717, 1.165) is 0 Å². The van der Waals surface area contributed by atoms with E-state index in [4.69, 9.17) is 4.42 Å². The predicted octanol–water partition coefficient (Wildman–Crippen LogP) is 2.65. The zero-order valence-electron chi connectivity index (χ0n) is 12.4. The number of amides is 1. The number of fused-ring (bicyclic) bond motifs is 1. The molecule has 0 radical (unpaired) electrons. The maximum absolute atomic E-state index is 12.5. The first-order valence-corrected chi connectivity index (χ1v) is 7.14. The van der Waals surface area contributed by atoms with Gasteiger partial charge in [-0.2, -0.15) is 0 Å². The first kappa shape index (κ1) is 14.6. The van der Waals surface area contributed by atoms with E-state index < -0.39 is 16.8 Å². The Morgan fingerprint density at radius 3 is 2.68 bits per heavy atom. The Morgan fingerprint density at radius 1 is 1.32 bits per heavy atom. The number of ketones is 1. The van der Waals surface area contributed by atoms with E-state index in [-0.39, 0.29) is 29.4 Å². The zero-order valence-corrected chi connectivity index (χ0v) is 12.4. The molecule has 116 valence electrons. The van der Waals surface area contributed by atoms with Crippen LogP contribution in [0.2, 0.25) is 0 Å². The summed E-state index contributed by atoms with van der Waals surface area (Å²) < 4.78 is 5.22. The van der Waals surface area contributed by atoms with E-state index in [1.165, 1.54) is 12.1 Å². The second-order valence-electron chi connectivity index (χ2n) is 6.70. The van der Waals surface area contributed by atoms with E-state index in [2.05, 4.69) is 4.99 Å².